The normalized spacial score (nSPS) is 13.5. The lowest BCUT2D eigenvalue weighted by atomic mass is 10.1. The number of ether oxygens (including phenoxy) is 1. The van der Waals surface area contributed by atoms with E-state index >= 15 is 0 Å². The monoisotopic (exact) mass is 370 g/mol. The van der Waals surface area contributed by atoms with Gasteiger partial charge in [0.25, 0.3) is 0 Å². The molecule has 2 aromatic rings. The summed E-state index contributed by atoms with van der Waals surface area (Å²) in [6.07, 6.45) is 1.96. The van der Waals surface area contributed by atoms with Crippen molar-refractivity contribution in [3.63, 3.8) is 0 Å². The molecular weight excluding hydrogens is 336 g/mol. The van der Waals surface area contributed by atoms with Crippen molar-refractivity contribution in [2.45, 2.75) is 64.8 Å². The maximum absolute atomic E-state index is 6.31. The molecule has 0 unspecified atom stereocenters. The van der Waals surface area contributed by atoms with E-state index in [1.807, 2.05) is 12.1 Å². The van der Waals surface area contributed by atoms with Gasteiger partial charge in [0.15, 0.2) is 8.32 Å². The predicted octanol–water partition coefficient (Wildman–Crippen LogP) is 6.78. The molecule has 2 nitrogen and oxygen atoms in total. The highest BCUT2D eigenvalue weighted by Gasteiger charge is 2.36. The molecule has 142 valence electrons. The van der Waals surface area contributed by atoms with Crippen molar-refractivity contribution in [2.24, 2.45) is 0 Å². The summed E-state index contributed by atoms with van der Waals surface area (Å²) in [4.78, 5) is 0. The zero-order chi connectivity index (χ0) is 19.2. The zero-order valence-electron chi connectivity index (χ0n) is 17.2. The highest BCUT2D eigenvalue weighted by atomic mass is 28.4. The molecule has 0 aliphatic carbocycles. The van der Waals surface area contributed by atoms with Crippen LogP contribution in [-0.2, 0) is 10.8 Å². The maximum atomic E-state index is 6.31. The summed E-state index contributed by atoms with van der Waals surface area (Å²) in [7, 11) is -1.68. The van der Waals surface area contributed by atoms with E-state index in [1.54, 1.807) is 0 Å². The summed E-state index contributed by atoms with van der Waals surface area (Å²) >= 11 is 0. The minimum Gasteiger partial charge on any atom is -0.486 e. The van der Waals surface area contributed by atoms with Gasteiger partial charge in [-0.05, 0) is 54.2 Å². The zero-order valence-corrected chi connectivity index (χ0v) is 18.2. The third kappa shape index (κ3) is 5.71. The molecule has 0 N–H and O–H groups in total. The van der Waals surface area contributed by atoms with Crippen LogP contribution in [0.5, 0.6) is 5.75 Å². The minimum absolute atomic E-state index is 0.0925. The Kier molecular flexibility index (Phi) is 7.07. The van der Waals surface area contributed by atoms with Crippen molar-refractivity contribution in [3.05, 3.63) is 65.7 Å². The quantitative estimate of drug-likeness (QED) is 0.477. The Morgan fingerprint density at radius 3 is 2.27 bits per heavy atom. The van der Waals surface area contributed by atoms with Crippen LogP contribution in [0.3, 0.4) is 0 Å². The van der Waals surface area contributed by atoms with Gasteiger partial charge in [0, 0.05) is 6.61 Å². The van der Waals surface area contributed by atoms with Crippen LogP contribution in [0.1, 0.15) is 51.3 Å². The summed E-state index contributed by atoms with van der Waals surface area (Å²) in [5, 5.41) is 0.252. The molecule has 1 atom stereocenters. The molecule has 0 bridgehead atoms. The molecule has 26 heavy (non-hydrogen) atoms. The summed E-state index contributed by atoms with van der Waals surface area (Å²) in [5.74, 6) is 0.936. The van der Waals surface area contributed by atoms with Gasteiger partial charge in [-0.1, -0.05) is 70.2 Å². The number of hydrogen-bond donors (Lipinski definition) is 0. The van der Waals surface area contributed by atoms with Gasteiger partial charge in [-0.3, -0.25) is 0 Å². The van der Waals surface area contributed by atoms with E-state index in [4.69, 9.17) is 9.16 Å². The SMILES string of the molecule is CC[C@@H](Oc1cccc(CCO[Si](C)(C)C(C)(C)C)c1)c1ccccc1. The van der Waals surface area contributed by atoms with Crippen LogP contribution in [0.2, 0.25) is 18.1 Å². The predicted molar refractivity (Wildman–Crippen MR) is 113 cm³/mol. The average Bonchev–Trinajstić information content (AvgIpc) is 2.59. The first kappa shape index (κ1) is 20.7. The molecule has 0 aliphatic rings. The third-order valence-electron chi connectivity index (χ3n) is 5.38. The Balaban J connectivity index is 1.97. The van der Waals surface area contributed by atoms with Crippen LogP contribution in [0.25, 0.3) is 0 Å². The molecule has 0 amide bonds. The topological polar surface area (TPSA) is 18.5 Å². The Morgan fingerprint density at radius 2 is 1.65 bits per heavy atom. The fourth-order valence-electron chi connectivity index (χ4n) is 2.63. The summed E-state index contributed by atoms with van der Waals surface area (Å²) in [6, 6.07) is 18.9. The Hall–Kier alpha value is -1.58. The molecular formula is C23H34O2Si. The highest BCUT2D eigenvalue weighted by Crippen LogP contribution is 2.36. The molecule has 0 saturated heterocycles. The fourth-order valence-corrected chi connectivity index (χ4v) is 3.68. The van der Waals surface area contributed by atoms with Gasteiger partial charge >= 0.3 is 0 Å². The summed E-state index contributed by atoms with van der Waals surface area (Å²) in [5.41, 5.74) is 2.49. The van der Waals surface area contributed by atoms with Crippen molar-refractivity contribution in [1.29, 1.82) is 0 Å². The average molecular weight is 371 g/mol. The highest BCUT2D eigenvalue weighted by molar-refractivity contribution is 6.74. The van der Waals surface area contributed by atoms with Crippen molar-refractivity contribution < 1.29 is 9.16 Å². The van der Waals surface area contributed by atoms with Gasteiger partial charge in [-0.25, -0.2) is 0 Å². The third-order valence-corrected chi connectivity index (χ3v) is 9.92. The largest absolute Gasteiger partial charge is 0.486 e. The van der Waals surface area contributed by atoms with Crippen molar-refractivity contribution in [1.82, 2.24) is 0 Å². The molecule has 0 spiro atoms. The lowest BCUT2D eigenvalue weighted by Gasteiger charge is -2.36. The standard InChI is InChI=1S/C23H34O2Si/c1-7-22(20-13-9-8-10-14-20)25-21-15-11-12-19(18-21)16-17-24-26(5,6)23(2,3)4/h8-15,18,22H,7,16-17H2,1-6H3/t22-/m1/s1. The summed E-state index contributed by atoms with van der Waals surface area (Å²) < 4.78 is 12.6. The molecule has 3 heteroatoms. The van der Waals surface area contributed by atoms with Gasteiger partial charge in [0.2, 0.25) is 0 Å². The van der Waals surface area contributed by atoms with E-state index in [-0.39, 0.29) is 11.1 Å². The second-order valence-corrected chi connectivity index (χ2v) is 13.2. The molecule has 0 fully saturated rings. The van der Waals surface area contributed by atoms with Gasteiger partial charge < -0.3 is 9.16 Å². The molecule has 0 aromatic heterocycles. The first-order valence-electron chi connectivity index (χ1n) is 9.67. The lowest BCUT2D eigenvalue weighted by molar-refractivity contribution is 0.201. The van der Waals surface area contributed by atoms with Crippen LogP contribution in [-0.4, -0.2) is 14.9 Å². The van der Waals surface area contributed by atoms with Crippen LogP contribution < -0.4 is 4.74 Å². The van der Waals surface area contributed by atoms with Crippen LogP contribution in [0.4, 0.5) is 0 Å². The second-order valence-electron chi connectivity index (χ2n) is 8.43. The van der Waals surface area contributed by atoms with Crippen molar-refractivity contribution in [3.8, 4) is 5.75 Å². The Labute approximate surface area is 160 Å². The van der Waals surface area contributed by atoms with Gasteiger partial charge in [0.1, 0.15) is 11.9 Å². The van der Waals surface area contributed by atoms with Gasteiger partial charge in [-0.2, -0.15) is 0 Å². The van der Waals surface area contributed by atoms with E-state index < -0.39 is 8.32 Å². The Morgan fingerprint density at radius 1 is 0.962 bits per heavy atom. The smallest absolute Gasteiger partial charge is 0.191 e. The van der Waals surface area contributed by atoms with Crippen LogP contribution in [0, 0.1) is 0 Å². The molecule has 2 rings (SSSR count). The lowest BCUT2D eigenvalue weighted by Crippen LogP contribution is -2.41. The van der Waals surface area contributed by atoms with E-state index in [0.717, 1.165) is 25.2 Å². The van der Waals surface area contributed by atoms with Crippen molar-refractivity contribution >= 4 is 8.32 Å². The first-order valence-corrected chi connectivity index (χ1v) is 12.6. The molecule has 0 saturated carbocycles. The van der Waals surface area contributed by atoms with E-state index in [2.05, 4.69) is 83.3 Å². The molecule has 0 heterocycles. The van der Waals surface area contributed by atoms with Crippen molar-refractivity contribution in [2.75, 3.05) is 6.61 Å². The van der Waals surface area contributed by atoms with Crippen LogP contribution in [0.15, 0.2) is 54.6 Å². The van der Waals surface area contributed by atoms with E-state index in [9.17, 15) is 0 Å². The van der Waals surface area contributed by atoms with Gasteiger partial charge in [0.05, 0.1) is 0 Å². The first-order chi connectivity index (χ1) is 12.2. The minimum atomic E-state index is -1.68. The molecule has 2 aromatic carbocycles. The van der Waals surface area contributed by atoms with E-state index in [0.29, 0.717) is 0 Å². The van der Waals surface area contributed by atoms with E-state index in [1.165, 1.54) is 11.1 Å². The number of hydrogen-bond acceptors (Lipinski definition) is 2. The fraction of sp³-hybridized carbons (Fsp3) is 0.478. The molecule has 0 aliphatic heterocycles. The number of benzene rings is 2. The Bertz CT molecular complexity index is 674. The van der Waals surface area contributed by atoms with Crippen LogP contribution >= 0.6 is 0 Å². The maximum Gasteiger partial charge on any atom is 0.191 e. The molecule has 0 radical (unpaired) electrons. The second kappa shape index (κ2) is 8.87. The summed E-state index contributed by atoms with van der Waals surface area (Å²) in [6.45, 7) is 14.4. The number of rotatable bonds is 8. The van der Waals surface area contributed by atoms with Gasteiger partial charge in [-0.15, -0.1) is 0 Å².